The Hall–Kier alpha value is -2.02. The molecule has 1 atom stereocenters. The first-order valence-corrected chi connectivity index (χ1v) is 10.0. The Morgan fingerprint density at radius 1 is 1.20 bits per heavy atom. The third-order valence-corrected chi connectivity index (χ3v) is 6.40. The summed E-state index contributed by atoms with van der Waals surface area (Å²) in [6.07, 6.45) is 0. The number of nitrogens with one attached hydrogen (secondary N) is 1. The number of thiazole rings is 1. The number of aromatic nitrogens is 1. The first kappa shape index (κ1) is 16.4. The second-order valence-electron chi connectivity index (χ2n) is 6.17. The van der Waals surface area contributed by atoms with Gasteiger partial charge in [-0.3, -0.25) is 4.79 Å². The minimum absolute atomic E-state index is 0.0377. The van der Waals surface area contributed by atoms with E-state index in [4.69, 9.17) is 0 Å². The lowest BCUT2D eigenvalue weighted by Crippen LogP contribution is -2.51. The van der Waals surface area contributed by atoms with Gasteiger partial charge in [0.25, 0.3) is 5.91 Å². The van der Waals surface area contributed by atoms with Crippen molar-refractivity contribution in [2.45, 2.75) is 13.0 Å². The number of rotatable bonds is 3. The van der Waals surface area contributed by atoms with E-state index in [1.165, 1.54) is 10.4 Å². The van der Waals surface area contributed by atoms with Crippen molar-refractivity contribution in [1.82, 2.24) is 15.2 Å². The van der Waals surface area contributed by atoms with Crippen LogP contribution in [0.1, 0.15) is 17.4 Å². The number of amides is 1. The Morgan fingerprint density at radius 3 is 2.80 bits per heavy atom. The van der Waals surface area contributed by atoms with E-state index >= 15 is 0 Å². The molecule has 1 aliphatic rings. The zero-order chi connectivity index (χ0) is 17.2. The van der Waals surface area contributed by atoms with E-state index in [2.05, 4.69) is 41.5 Å². The first-order chi connectivity index (χ1) is 12.2. The van der Waals surface area contributed by atoms with Crippen molar-refractivity contribution in [3.8, 4) is 20.3 Å². The van der Waals surface area contributed by atoms with Crippen LogP contribution in [0, 0.1) is 0 Å². The molecule has 0 aliphatic carbocycles. The largest absolute Gasteiger partial charge is 0.334 e. The van der Waals surface area contributed by atoms with Crippen LogP contribution in [0.3, 0.4) is 0 Å². The van der Waals surface area contributed by atoms with Gasteiger partial charge in [0.05, 0.1) is 4.88 Å². The van der Waals surface area contributed by atoms with Crippen LogP contribution in [0.5, 0.6) is 0 Å². The predicted molar refractivity (Wildman–Crippen MR) is 104 cm³/mol. The van der Waals surface area contributed by atoms with Crippen LogP contribution in [-0.2, 0) is 0 Å². The molecule has 0 bridgehead atoms. The van der Waals surface area contributed by atoms with E-state index in [0.717, 1.165) is 29.5 Å². The maximum atomic E-state index is 12.7. The van der Waals surface area contributed by atoms with Crippen LogP contribution < -0.4 is 5.32 Å². The second kappa shape index (κ2) is 7.07. The van der Waals surface area contributed by atoms with Gasteiger partial charge < -0.3 is 10.2 Å². The number of thiophene rings is 1. The standard InChI is InChI=1S/C19H19N3OS2/c1-13-11-22(10-9-20-13)19(23)15-12-24-18(21-15)17-8-7-16(25-17)14-5-3-2-4-6-14/h2-8,12-13,20H,9-11H2,1H3/t13-/m0/s1. The highest BCUT2D eigenvalue weighted by atomic mass is 32.1. The van der Waals surface area contributed by atoms with E-state index < -0.39 is 0 Å². The number of hydrogen-bond donors (Lipinski definition) is 1. The Kier molecular flexibility index (Phi) is 4.65. The van der Waals surface area contributed by atoms with Crippen molar-refractivity contribution >= 4 is 28.6 Å². The first-order valence-electron chi connectivity index (χ1n) is 8.34. The zero-order valence-corrected chi connectivity index (χ0v) is 15.6. The topological polar surface area (TPSA) is 45.2 Å². The van der Waals surface area contributed by atoms with Gasteiger partial charge in [0.1, 0.15) is 10.7 Å². The monoisotopic (exact) mass is 369 g/mol. The Morgan fingerprint density at radius 2 is 2.00 bits per heavy atom. The molecule has 0 saturated carbocycles. The van der Waals surface area contributed by atoms with Crippen LogP contribution in [0.2, 0.25) is 0 Å². The van der Waals surface area contributed by atoms with E-state index in [1.807, 2.05) is 28.5 Å². The number of carbonyl (C=O) groups is 1. The highest BCUT2D eigenvalue weighted by molar-refractivity contribution is 7.23. The van der Waals surface area contributed by atoms with Crippen LogP contribution in [0.25, 0.3) is 20.3 Å². The molecule has 0 radical (unpaired) electrons. The van der Waals surface area contributed by atoms with E-state index in [1.54, 1.807) is 22.7 Å². The van der Waals surface area contributed by atoms with Crippen LogP contribution in [-0.4, -0.2) is 41.5 Å². The zero-order valence-electron chi connectivity index (χ0n) is 13.9. The molecule has 1 fully saturated rings. The molecule has 1 saturated heterocycles. The fraction of sp³-hybridized carbons (Fsp3) is 0.263. The maximum Gasteiger partial charge on any atom is 0.273 e. The quantitative estimate of drug-likeness (QED) is 0.760. The van der Waals surface area contributed by atoms with Gasteiger partial charge in [-0.15, -0.1) is 22.7 Å². The number of hydrogen-bond acceptors (Lipinski definition) is 5. The summed E-state index contributed by atoms with van der Waals surface area (Å²) < 4.78 is 0. The van der Waals surface area contributed by atoms with Gasteiger partial charge in [0.15, 0.2) is 0 Å². The third kappa shape index (κ3) is 3.51. The van der Waals surface area contributed by atoms with Crippen molar-refractivity contribution in [3.63, 3.8) is 0 Å². The molecule has 128 valence electrons. The summed E-state index contributed by atoms with van der Waals surface area (Å²) in [5.74, 6) is 0.0377. The van der Waals surface area contributed by atoms with Crippen molar-refractivity contribution in [3.05, 3.63) is 53.5 Å². The molecule has 0 spiro atoms. The molecular formula is C19H19N3OS2. The van der Waals surface area contributed by atoms with Gasteiger partial charge in [-0.1, -0.05) is 30.3 Å². The van der Waals surface area contributed by atoms with Crippen molar-refractivity contribution < 1.29 is 4.79 Å². The van der Waals surface area contributed by atoms with Gasteiger partial charge in [-0.2, -0.15) is 0 Å². The van der Waals surface area contributed by atoms with Gasteiger partial charge in [-0.25, -0.2) is 4.98 Å². The normalized spacial score (nSPS) is 17.6. The highest BCUT2D eigenvalue weighted by Crippen LogP contribution is 2.35. The molecule has 1 aliphatic heterocycles. The van der Waals surface area contributed by atoms with Crippen LogP contribution in [0.4, 0.5) is 0 Å². The molecule has 1 aromatic carbocycles. The molecular weight excluding hydrogens is 350 g/mol. The average molecular weight is 370 g/mol. The minimum Gasteiger partial charge on any atom is -0.334 e. The van der Waals surface area contributed by atoms with Crippen LogP contribution in [0.15, 0.2) is 47.8 Å². The smallest absolute Gasteiger partial charge is 0.273 e. The van der Waals surface area contributed by atoms with Crippen molar-refractivity contribution in [2.24, 2.45) is 0 Å². The van der Waals surface area contributed by atoms with E-state index in [0.29, 0.717) is 11.7 Å². The summed E-state index contributed by atoms with van der Waals surface area (Å²) in [6.45, 7) is 4.42. The Balaban J connectivity index is 1.53. The second-order valence-corrected chi connectivity index (χ2v) is 8.12. The molecule has 25 heavy (non-hydrogen) atoms. The van der Waals surface area contributed by atoms with Crippen molar-refractivity contribution in [2.75, 3.05) is 19.6 Å². The molecule has 4 rings (SSSR count). The molecule has 6 heteroatoms. The lowest BCUT2D eigenvalue weighted by atomic mass is 10.2. The number of benzene rings is 1. The lowest BCUT2D eigenvalue weighted by molar-refractivity contribution is 0.0704. The Bertz CT molecular complexity index is 872. The number of nitrogens with zero attached hydrogens (tertiary/aromatic N) is 2. The highest BCUT2D eigenvalue weighted by Gasteiger charge is 2.23. The average Bonchev–Trinajstić information content (AvgIpc) is 3.31. The van der Waals surface area contributed by atoms with Gasteiger partial charge in [-0.05, 0) is 24.6 Å². The summed E-state index contributed by atoms with van der Waals surface area (Å²) in [5.41, 5.74) is 1.77. The van der Waals surface area contributed by atoms with Gasteiger partial charge in [0, 0.05) is 35.9 Å². The summed E-state index contributed by atoms with van der Waals surface area (Å²) in [4.78, 5) is 21.5. The van der Waals surface area contributed by atoms with E-state index in [-0.39, 0.29) is 5.91 Å². The molecule has 3 heterocycles. The van der Waals surface area contributed by atoms with Crippen molar-refractivity contribution in [1.29, 1.82) is 0 Å². The summed E-state index contributed by atoms with van der Waals surface area (Å²) in [5, 5.41) is 6.15. The fourth-order valence-corrected chi connectivity index (χ4v) is 4.85. The molecule has 3 aromatic rings. The maximum absolute atomic E-state index is 12.7. The van der Waals surface area contributed by atoms with Gasteiger partial charge in [0.2, 0.25) is 0 Å². The lowest BCUT2D eigenvalue weighted by Gasteiger charge is -2.31. The molecule has 1 amide bonds. The SMILES string of the molecule is C[C@H]1CN(C(=O)c2csc(-c3ccc(-c4ccccc4)s3)n2)CCN1. The Labute approximate surface area is 155 Å². The molecule has 1 N–H and O–H groups in total. The summed E-state index contributed by atoms with van der Waals surface area (Å²) in [6, 6.07) is 14.9. The van der Waals surface area contributed by atoms with Crippen LogP contribution >= 0.6 is 22.7 Å². The fourth-order valence-electron chi connectivity index (χ4n) is 2.97. The molecule has 0 unspecified atom stereocenters. The summed E-state index contributed by atoms with van der Waals surface area (Å²) in [7, 11) is 0. The minimum atomic E-state index is 0.0377. The van der Waals surface area contributed by atoms with Gasteiger partial charge >= 0.3 is 0 Å². The summed E-state index contributed by atoms with van der Waals surface area (Å²) >= 11 is 3.25. The molecule has 4 nitrogen and oxygen atoms in total. The number of carbonyl (C=O) groups excluding carboxylic acids is 1. The predicted octanol–water partition coefficient (Wildman–Crippen LogP) is 3.97. The molecule has 2 aromatic heterocycles. The number of piperazine rings is 1. The van der Waals surface area contributed by atoms with E-state index in [9.17, 15) is 4.79 Å². The third-order valence-electron chi connectivity index (χ3n) is 4.25.